The van der Waals surface area contributed by atoms with Crippen LogP contribution in [0.4, 0.5) is 13.2 Å². The Morgan fingerprint density at radius 3 is 2.45 bits per heavy atom. The zero-order valence-corrected chi connectivity index (χ0v) is 11.6. The minimum Gasteiger partial charge on any atom is -0.388 e. The fraction of sp³-hybridized carbons (Fsp3) is 0.900. The van der Waals surface area contributed by atoms with E-state index in [0.717, 1.165) is 11.8 Å². The Balaban J connectivity index is 2.17. The number of aliphatic hydroxyl groups excluding tert-OH is 2. The Kier molecular flexibility index (Phi) is 4.22. The van der Waals surface area contributed by atoms with Gasteiger partial charge in [0.05, 0.1) is 0 Å². The molecule has 0 radical (unpaired) electrons. The van der Waals surface area contributed by atoms with Gasteiger partial charge in [0, 0.05) is 14.1 Å². The van der Waals surface area contributed by atoms with E-state index >= 15 is 0 Å². The second kappa shape index (κ2) is 5.34. The molecule has 1 unspecified atom stereocenters. The van der Waals surface area contributed by atoms with Gasteiger partial charge in [0.2, 0.25) is 0 Å². The second-order valence-corrected chi connectivity index (χ2v) is 6.00. The molecule has 2 aliphatic heterocycles. The highest BCUT2D eigenvalue weighted by atomic mass is 32.2. The first-order valence-corrected chi connectivity index (χ1v) is 6.76. The summed E-state index contributed by atoms with van der Waals surface area (Å²) in [4.78, 5) is 5.80. The van der Waals surface area contributed by atoms with Gasteiger partial charge >= 0.3 is 6.18 Å². The first kappa shape index (κ1) is 15.8. The van der Waals surface area contributed by atoms with Crippen LogP contribution in [0.3, 0.4) is 0 Å². The van der Waals surface area contributed by atoms with Gasteiger partial charge in [-0.15, -0.1) is 0 Å². The lowest BCUT2D eigenvalue weighted by atomic mass is 9.94. The normalized spacial score (nSPS) is 39.2. The molecule has 6 nitrogen and oxygen atoms in total. The first-order valence-electron chi connectivity index (χ1n) is 5.88. The van der Waals surface area contributed by atoms with Crippen LogP contribution in [0.1, 0.15) is 0 Å². The molecule has 0 aromatic heterocycles. The highest BCUT2D eigenvalue weighted by Gasteiger charge is 2.55. The van der Waals surface area contributed by atoms with Crippen molar-refractivity contribution in [1.82, 2.24) is 4.90 Å². The molecule has 4 N–H and O–H groups in total. The number of nitrogens with two attached hydrogens (primary N) is 1. The number of nitrogens with zero attached hydrogens (tertiary/aromatic N) is 2. The molecular formula is C10H16F3N3O3S. The smallest absolute Gasteiger partial charge is 0.388 e. The molecule has 1 saturated heterocycles. The zero-order valence-electron chi connectivity index (χ0n) is 10.8. The molecule has 0 spiro atoms. The van der Waals surface area contributed by atoms with Crippen molar-refractivity contribution < 1.29 is 28.1 Å². The molecule has 2 aliphatic rings. The monoisotopic (exact) mass is 315 g/mol. The average molecular weight is 315 g/mol. The number of halogens is 3. The van der Waals surface area contributed by atoms with Crippen molar-refractivity contribution in [1.29, 1.82) is 0 Å². The largest absolute Gasteiger partial charge is 0.406 e. The standard InChI is InChI=1S/C10H16F3N3O3S/c1-16(2)9-15-3-4(17)5(18)6(19-8(3)20-9)7(14)10(11,12)13/h3-8,17-18H,14H2,1-2H3/t3-,4-,5+,6?,7+,8-/m1/s1. The minimum atomic E-state index is -4.72. The van der Waals surface area contributed by atoms with Gasteiger partial charge in [0.15, 0.2) is 5.17 Å². The molecule has 0 aliphatic carbocycles. The Bertz CT molecular complexity index is 407. The average Bonchev–Trinajstić information content (AvgIpc) is 2.76. The number of amidine groups is 1. The van der Waals surface area contributed by atoms with Crippen LogP contribution in [0, 0.1) is 0 Å². The van der Waals surface area contributed by atoms with Gasteiger partial charge in [-0.3, -0.25) is 4.99 Å². The molecule has 0 amide bonds. The van der Waals surface area contributed by atoms with E-state index in [1.807, 2.05) is 0 Å². The van der Waals surface area contributed by atoms with Crippen LogP contribution < -0.4 is 5.73 Å². The van der Waals surface area contributed by atoms with Gasteiger partial charge in [-0.2, -0.15) is 13.2 Å². The topological polar surface area (TPSA) is 91.3 Å². The summed E-state index contributed by atoms with van der Waals surface area (Å²) in [5.41, 5.74) is 4.29. The molecule has 10 heteroatoms. The summed E-state index contributed by atoms with van der Waals surface area (Å²) >= 11 is 1.10. The van der Waals surface area contributed by atoms with E-state index in [1.54, 1.807) is 19.0 Å². The number of hydrogen-bond donors (Lipinski definition) is 3. The molecule has 0 aromatic rings. The van der Waals surface area contributed by atoms with Gasteiger partial charge < -0.3 is 25.6 Å². The van der Waals surface area contributed by atoms with E-state index in [0.29, 0.717) is 5.17 Å². The van der Waals surface area contributed by atoms with Gasteiger partial charge in [-0.25, -0.2) is 0 Å². The van der Waals surface area contributed by atoms with Crippen molar-refractivity contribution in [2.45, 2.75) is 42.0 Å². The van der Waals surface area contributed by atoms with Crippen molar-refractivity contribution in [3.8, 4) is 0 Å². The van der Waals surface area contributed by atoms with Crippen molar-refractivity contribution >= 4 is 16.9 Å². The van der Waals surface area contributed by atoms with Crippen molar-refractivity contribution in [3.63, 3.8) is 0 Å². The van der Waals surface area contributed by atoms with Crippen LogP contribution >= 0.6 is 11.8 Å². The highest BCUT2D eigenvalue weighted by Crippen LogP contribution is 2.39. The maximum absolute atomic E-state index is 12.6. The summed E-state index contributed by atoms with van der Waals surface area (Å²) in [5.74, 6) is 0. The lowest BCUT2D eigenvalue weighted by Gasteiger charge is -2.40. The lowest BCUT2D eigenvalue weighted by molar-refractivity contribution is -0.222. The molecule has 116 valence electrons. The summed E-state index contributed by atoms with van der Waals surface area (Å²) < 4.78 is 43.2. The Labute approximate surface area is 117 Å². The maximum Gasteiger partial charge on any atom is 0.406 e. The predicted molar refractivity (Wildman–Crippen MR) is 67.2 cm³/mol. The van der Waals surface area contributed by atoms with Crippen LogP contribution in [0.15, 0.2) is 4.99 Å². The van der Waals surface area contributed by atoms with Crippen LogP contribution in [-0.4, -0.2) is 76.4 Å². The lowest BCUT2D eigenvalue weighted by Crippen LogP contribution is -2.63. The molecular weight excluding hydrogens is 299 g/mol. The van der Waals surface area contributed by atoms with E-state index in [2.05, 4.69) is 4.99 Å². The fourth-order valence-electron chi connectivity index (χ4n) is 2.07. The third-order valence-electron chi connectivity index (χ3n) is 3.20. The molecule has 2 rings (SSSR count). The molecule has 0 aromatic carbocycles. The molecule has 0 saturated carbocycles. The van der Waals surface area contributed by atoms with Gasteiger partial charge in [-0.05, 0) is 0 Å². The SMILES string of the molecule is CN(C)C1=N[C@@H]2[C@@H](O)[C@H](O)C([C@H](N)C(F)(F)F)O[C@@H]2S1. The third kappa shape index (κ3) is 2.75. The number of fused-ring (bicyclic) bond motifs is 1. The Morgan fingerprint density at radius 2 is 1.95 bits per heavy atom. The molecule has 2 heterocycles. The molecule has 6 atom stereocenters. The van der Waals surface area contributed by atoms with E-state index in [9.17, 15) is 23.4 Å². The first-order chi connectivity index (χ1) is 9.12. The van der Waals surface area contributed by atoms with Gasteiger partial charge in [0.1, 0.15) is 35.8 Å². The van der Waals surface area contributed by atoms with Crippen LogP contribution in [0.25, 0.3) is 0 Å². The Morgan fingerprint density at radius 1 is 1.35 bits per heavy atom. The molecule has 20 heavy (non-hydrogen) atoms. The van der Waals surface area contributed by atoms with Crippen LogP contribution in [0.5, 0.6) is 0 Å². The second-order valence-electron chi connectivity index (χ2n) is 4.93. The number of ether oxygens (including phenoxy) is 1. The van der Waals surface area contributed by atoms with Crippen LogP contribution in [-0.2, 0) is 4.74 Å². The fourth-order valence-corrected chi connectivity index (χ4v) is 3.22. The van der Waals surface area contributed by atoms with Crippen molar-refractivity contribution in [2.75, 3.05) is 14.1 Å². The third-order valence-corrected chi connectivity index (χ3v) is 4.51. The number of hydrogen-bond acceptors (Lipinski definition) is 7. The van der Waals surface area contributed by atoms with E-state index in [-0.39, 0.29) is 0 Å². The predicted octanol–water partition coefficient (Wildman–Crippen LogP) is -0.644. The van der Waals surface area contributed by atoms with E-state index < -0.39 is 42.0 Å². The Hall–Kier alpha value is -0.550. The quantitative estimate of drug-likeness (QED) is 0.596. The van der Waals surface area contributed by atoms with Gasteiger partial charge in [-0.1, -0.05) is 11.8 Å². The molecule has 0 bridgehead atoms. The maximum atomic E-state index is 12.6. The molecule has 1 fully saturated rings. The number of rotatable bonds is 1. The number of aliphatic hydroxyl groups is 2. The number of aliphatic imine (C=N–C) groups is 1. The number of thioether (sulfide) groups is 1. The van der Waals surface area contributed by atoms with Crippen molar-refractivity contribution in [3.05, 3.63) is 0 Å². The summed E-state index contributed by atoms with van der Waals surface area (Å²) in [7, 11) is 3.43. The summed E-state index contributed by atoms with van der Waals surface area (Å²) in [6.07, 6.45) is -9.61. The van der Waals surface area contributed by atoms with Gasteiger partial charge in [0.25, 0.3) is 0 Å². The summed E-state index contributed by atoms with van der Waals surface area (Å²) in [6.45, 7) is 0. The summed E-state index contributed by atoms with van der Waals surface area (Å²) in [6, 6.07) is -3.17. The highest BCUT2D eigenvalue weighted by molar-refractivity contribution is 8.14. The van der Waals surface area contributed by atoms with Crippen molar-refractivity contribution in [2.24, 2.45) is 10.7 Å². The summed E-state index contributed by atoms with van der Waals surface area (Å²) in [5, 5.41) is 20.3. The number of alkyl halides is 3. The zero-order chi connectivity index (χ0) is 15.2. The minimum absolute atomic E-state index is 0.521. The van der Waals surface area contributed by atoms with E-state index in [1.165, 1.54) is 0 Å². The van der Waals surface area contributed by atoms with E-state index in [4.69, 9.17) is 10.5 Å². The van der Waals surface area contributed by atoms with Crippen LogP contribution in [0.2, 0.25) is 0 Å².